The minimum absolute atomic E-state index is 0.218. The molecule has 1 aliphatic rings. The van der Waals surface area contributed by atoms with E-state index >= 15 is 0 Å². The lowest BCUT2D eigenvalue weighted by atomic mass is 10.2. The first-order chi connectivity index (χ1) is 10.1. The lowest BCUT2D eigenvalue weighted by molar-refractivity contribution is 0.443. The van der Waals surface area contributed by atoms with Crippen molar-refractivity contribution in [1.29, 1.82) is 0 Å². The van der Waals surface area contributed by atoms with Gasteiger partial charge in [-0.3, -0.25) is 0 Å². The fourth-order valence-corrected chi connectivity index (χ4v) is 2.41. The van der Waals surface area contributed by atoms with Gasteiger partial charge in [0.1, 0.15) is 17.3 Å². The molecule has 3 rings (SSSR count). The average molecular weight is 288 g/mol. The molecule has 1 aromatic heterocycles. The van der Waals surface area contributed by atoms with Gasteiger partial charge in [0.2, 0.25) is 0 Å². The van der Waals surface area contributed by atoms with Crippen LogP contribution in [0.2, 0.25) is 0 Å². The largest absolute Gasteiger partial charge is 0.463 e. The molecule has 0 amide bonds. The molecule has 3 nitrogen and oxygen atoms in total. The molecule has 4 heteroatoms. The summed E-state index contributed by atoms with van der Waals surface area (Å²) in [7, 11) is 1.94. The van der Waals surface area contributed by atoms with E-state index in [0.717, 1.165) is 23.8 Å². The zero-order valence-corrected chi connectivity index (χ0v) is 12.5. The SMILES string of the molecule is Cc1cc(CN(C)c2cccc(F)c2)oc1CNC1CC1. The van der Waals surface area contributed by atoms with Crippen LogP contribution in [0.3, 0.4) is 0 Å². The van der Waals surface area contributed by atoms with Crippen molar-refractivity contribution in [3.05, 3.63) is 53.2 Å². The highest BCUT2D eigenvalue weighted by molar-refractivity contribution is 5.45. The number of halogens is 1. The van der Waals surface area contributed by atoms with Crippen LogP contribution in [0, 0.1) is 12.7 Å². The predicted octanol–water partition coefficient (Wildman–Crippen LogP) is 3.62. The summed E-state index contributed by atoms with van der Waals surface area (Å²) in [4.78, 5) is 1.99. The number of rotatable bonds is 6. The summed E-state index contributed by atoms with van der Waals surface area (Å²) in [5.41, 5.74) is 2.02. The van der Waals surface area contributed by atoms with Crippen LogP contribution < -0.4 is 10.2 Å². The van der Waals surface area contributed by atoms with Crippen molar-refractivity contribution in [3.8, 4) is 0 Å². The zero-order chi connectivity index (χ0) is 14.8. The highest BCUT2D eigenvalue weighted by Gasteiger charge is 2.21. The van der Waals surface area contributed by atoms with Crippen LogP contribution >= 0.6 is 0 Å². The fourth-order valence-electron chi connectivity index (χ4n) is 2.41. The third-order valence-corrected chi connectivity index (χ3v) is 3.84. The smallest absolute Gasteiger partial charge is 0.125 e. The molecule has 0 unspecified atom stereocenters. The first-order valence-electron chi connectivity index (χ1n) is 7.40. The first-order valence-corrected chi connectivity index (χ1v) is 7.40. The van der Waals surface area contributed by atoms with Gasteiger partial charge in [0, 0.05) is 18.8 Å². The van der Waals surface area contributed by atoms with Crippen LogP contribution in [0.25, 0.3) is 0 Å². The van der Waals surface area contributed by atoms with E-state index in [1.165, 1.54) is 30.5 Å². The number of nitrogens with one attached hydrogen (secondary N) is 1. The number of benzene rings is 1. The van der Waals surface area contributed by atoms with Crippen LogP contribution in [0.5, 0.6) is 0 Å². The van der Waals surface area contributed by atoms with Gasteiger partial charge in [-0.2, -0.15) is 0 Å². The van der Waals surface area contributed by atoms with Crippen LogP contribution in [-0.2, 0) is 13.1 Å². The fraction of sp³-hybridized carbons (Fsp3) is 0.412. The molecule has 1 aliphatic carbocycles. The van der Waals surface area contributed by atoms with Gasteiger partial charge in [-0.05, 0) is 49.6 Å². The van der Waals surface area contributed by atoms with Crippen molar-refractivity contribution in [1.82, 2.24) is 5.32 Å². The molecule has 1 fully saturated rings. The molecule has 0 bridgehead atoms. The van der Waals surface area contributed by atoms with Crippen LogP contribution in [0.15, 0.2) is 34.7 Å². The van der Waals surface area contributed by atoms with E-state index < -0.39 is 0 Å². The summed E-state index contributed by atoms with van der Waals surface area (Å²) in [5.74, 6) is 1.70. The zero-order valence-electron chi connectivity index (χ0n) is 12.5. The van der Waals surface area contributed by atoms with Crippen LogP contribution in [0.1, 0.15) is 29.9 Å². The maximum atomic E-state index is 13.3. The van der Waals surface area contributed by atoms with Crippen molar-refractivity contribution in [2.24, 2.45) is 0 Å². The Balaban J connectivity index is 1.65. The quantitative estimate of drug-likeness (QED) is 0.880. The summed E-state index contributed by atoms with van der Waals surface area (Å²) < 4.78 is 19.2. The van der Waals surface area contributed by atoms with E-state index in [9.17, 15) is 4.39 Å². The van der Waals surface area contributed by atoms with Gasteiger partial charge in [-0.25, -0.2) is 4.39 Å². The molecule has 0 spiro atoms. The van der Waals surface area contributed by atoms with Gasteiger partial charge in [-0.15, -0.1) is 0 Å². The number of hydrogen-bond acceptors (Lipinski definition) is 3. The molecule has 0 atom stereocenters. The van der Waals surface area contributed by atoms with Crippen molar-refractivity contribution in [2.75, 3.05) is 11.9 Å². The highest BCUT2D eigenvalue weighted by Crippen LogP contribution is 2.22. The Morgan fingerprint density at radius 1 is 1.33 bits per heavy atom. The van der Waals surface area contributed by atoms with Gasteiger partial charge in [0.25, 0.3) is 0 Å². The molecule has 21 heavy (non-hydrogen) atoms. The summed E-state index contributed by atoms with van der Waals surface area (Å²) in [5, 5.41) is 3.46. The van der Waals surface area contributed by atoms with Crippen LogP contribution in [0.4, 0.5) is 10.1 Å². The van der Waals surface area contributed by atoms with Crippen molar-refractivity contribution < 1.29 is 8.81 Å². The second-order valence-electron chi connectivity index (χ2n) is 5.81. The van der Waals surface area contributed by atoms with Crippen LogP contribution in [-0.4, -0.2) is 13.1 Å². The third-order valence-electron chi connectivity index (χ3n) is 3.84. The standard InChI is InChI=1S/C17H21FN2O/c1-12-8-16(21-17(12)10-19-14-6-7-14)11-20(2)15-5-3-4-13(18)9-15/h3-5,8-9,14,19H,6-7,10-11H2,1-2H3. The lowest BCUT2D eigenvalue weighted by Crippen LogP contribution is -2.16. The number of aryl methyl sites for hydroxylation is 1. The maximum absolute atomic E-state index is 13.3. The summed E-state index contributed by atoms with van der Waals surface area (Å²) in [6.45, 7) is 3.49. The molecule has 1 heterocycles. The van der Waals surface area contributed by atoms with Gasteiger partial charge in [0.15, 0.2) is 0 Å². The number of anilines is 1. The summed E-state index contributed by atoms with van der Waals surface area (Å²) in [6.07, 6.45) is 2.55. The van der Waals surface area contributed by atoms with E-state index in [-0.39, 0.29) is 5.82 Å². The number of nitrogens with zero attached hydrogens (tertiary/aromatic N) is 1. The van der Waals surface area contributed by atoms with Gasteiger partial charge < -0.3 is 14.6 Å². The van der Waals surface area contributed by atoms with Gasteiger partial charge >= 0.3 is 0 Å². The topological polar surface area (TPSA) is 28.4 Å². The monoisotopic (exact) mass is 288 g/mol. The lowest BCUT2D eigenvalue weighted by Gasteiger charge is -2.17. The molecule has 0 radical (unpaired) electrons. The third kappa shape index (κ3) is 3.64. The Morgan fingerprint density at radius 2 is 2.14 bits per heavy atom. The average Bonchev–Trinajstić information content (AvgIpc) is 3.21. The van der Waals surface area contributed by atoms with E-state index in [4.69, 9.17) is 4.42 Å². The van der Waals surface area contributed by atoms with Gasteiger partial charge in [0.05, 0.1) is 13.1 Å². The second kappa shape index (κ2) is 5.90. The number of hydrogen-bond donors (Lipinski definition) is 1. The summed E-state index contributed by atoms with van der Waals surface area (Å²) in [6, 6.07) is 9.35. The summed E-state index contributed by atoms with van der Waals surface area (Å²) >= 11 is 0. The molecule has 1 N–H and O–H groups in total. The molecule has 0 saturated heterocycles. The number of furan rings is 1. The Kier molecular flexibility index (Phi) is 3.97. The molecular formula is C17H21FN2O. The molecule has 112 valence electrons. The van der Waals surface area contributed by atoms with E-state index in [1.54, 1.807) is 6.07 Å². The predicted molar refractivity (Wildman–Crippen MR) is 81.8 cm³/mol. The Hall–Kier alpha value is -1.81. The molecule has 0 aliphatic heterocycles. The van der Waals surface area contributed by atoms with Crippen molar-refractivity contribution >= 4 is 5.69 Å². The minimum Gasteiger partial charge on any atom is -0.463 e. The normalized spacial score (nSPS) is 14.4. The van der Waals surface area contributed by atoms with Crippen molar-refractivity contribution in [2.45, 2.75) is 38.9 Å². The van der Waals surface area contributed by atoms with Gasteiger partial charge in [-0.1, -0.05) is 6.07 Å². The second-order valence-corrected chi connectivity index (χ2v) is 5.81. The maximum Gasteiger partial charge on any atom is 0.125 e. The highest BCUT2D eigenvalue weighted by atomic mass is 19.1. The molecule has 1 saturated carbocycles. The Morgan fingerprint density at radius 3 is 2.86 bits per heavy atom. The molecular weight excluding hydrogens is 267 g/mol. The molecule has 1 aromatic carbocycles. The Labute approximate surface area is 124 Å². The Bertz CT molecular complexity index is 619. The first kappa shape index (κ1) is 14.1. The van der Waals surface area contributed by atoms with E-state index in [0.29, 0.717) is 12.6 Å². The van der Waals surface area contributed by atoms with E-state index in [2.05, 4.69) is 18.3 Å². The van der Waals surface area contributed by atoms with Crippen molar-refractivity contribution in [3.63, 3.8) is 0 Å². The minimum atomic E-state index is -0.218. The van der Waals surface area contributed by atoms with E-state index in [1.807, 2.05) is 18.0 Å². The molecule has 2 aromatic rings.